The molecule has 0 spiro atoms. The fraction of sp³-hybridized carbons (Fsp3) is 0. The number of anilines is 1. The maximum atomic E-state index is 11.0. The van der Waals surface area contributed by atoms with Gasteiger partial charge in [0.1, 0.15) is 0 Å². The number of nitrogen functional groups attached to an aromatic ring is 1. The zero-order valence-electron chi connectivity index (χ0n) is 9.18. The van der Waals surface area contributed by atoms with E-state index in [4.69, 9.17) is 5.73 Å². The molecule has 3 rings (SSSR count). The van der Waals surface area contributed by atoms with Crippen LogP contribution in [-0.4, -0.2) is 6.29 Å². The molecule has 3 aromatic rings. The lowest BCUT2D eigenvalue weighted by Gasteiger charge is -2.06. The van der Waals surface area contributed by atoms with Crippen LogP contribution in [0.2, 0.25) is 0 Å². The molecule has 0 aliphatic rings. The molecule has 0 aromatic heterocycles. The molecule has 2 N–H and O–H groups in total. The molecule has 2 heteroatoms. The van der Waals surface area contributed by atoms with Crippen molar-refractivity contribution in [1.82, 2.24) is 0 Å². The van der Waals surface area contributed by atoms with Crippen molar-refractivity contribution in [3.63, 3.8) is 0 Å². The van der Waals surface area contributed by atoms with E-state index in [1.807, 2.05) is 48.5 Å². The van der Waals surface area contributed by atoms with Crippen LogP contribution in [-0.2, 0) is 0 Å². The molecular weight excluding hydrogens is 210 g/mol. The van der Waals surface area contributed by atoms with Gasteiger partial charge in [-0.15, -0.1) is 0 Å². The number of fused-ring (bicyclic) bond motifs is 2. The van der Waals surface area contributed by atoms with Crippen LogP contribution in [0.1, 0.15) is 10.4 Å². The number of benzene rings is 3. The van der Waals surface area contributed by atoms with Crippen LogP contribution in [0.25, 0.3) is 21.5 Å². The van der Waals surface area contributed by atoms with Crippen molar-refractivity contribution in [2.24, 2.45) is 0 Å². The first-order chi connectivity index (χ1) is 8.29. The number of hydrogen-bond donors (Lipinski definition) is 1. The summed E-state index contributed by atoms with van der Waals surface area (Å²) in [7, 11) is 0. The monoisotopic (exact) mass is 221 g/mol. The Morgan fingerprint density at radius 3 is 2.29 bits per heavy atom. The van der Waals surface area contributed by atoms with Gasteiger partial charge in [0.2, 0.25) is 0 Å². The second kappa shape index (κ2) is 3.59. The smallest absolute Gasteiger partial charge is 0.150 e. The fourth-order valence-corrected chi connectivity index (χ4v) is 2.20. The van der Waals surface area contributed by atoms with Gasteiger partial charge in [0.15, 0.2) is 6.29 Å². The van der Waals surface area contributed by atoms with Crippen molar-refractivity contribution in [3.05, 3.63) is 54.1 Å². The molecule has 3 aromatic carbocycles. The minimum atomic E-state index is 0.715. The number of aldehydes is 1. The molecule has 0 bridgehead atoms. The van der Waals surface area contributed by atoms with Gasteiger partial charge >= 0.3 is 0 Å². The first-order valence-electron chi connectivity index (χ1n) is 5.46. The quantitative estimate of drug-likeness (QED) is 0.389. The van der Waals surface area contributed by atoms with E-state index in [0.717, 1.165) is 33.5 Å². The average molecular weight is 221 g/mol. The maximum Gasteiger partial charge on any atom is 0.150 e. The lowest BCUT2D eigenvalue weighted by Crippen LogP contribution is -1.88. The SMILES string of the molecule is Nc1cccc2cc3c(C=O)cccc3cc12. The number of rotatable bonds is 1. The van der Waals surface area contributed by atoms with Crippen LogP contribution >= 0.6 is 0 Å². The van der Waals surface area contributed by atoms with E-state index in [-0.39, 0.29) is 0 Å². The van der Waals surface area contributed by atoms with Crippen LogP contribution in [0.15, 0.2) is 48.5 Å². The maximum absolute atomic E-state index is 11.0. The summed E-state index contributed by atoms with van der Waals surface area (Å²) in [6.07, 6.45) is 0.889. The zero-order chi connectivity index (χ0) is 11.8. The highest BCUT2D eigenvalue weighted by Crippen LogP contribution is 2.28. The standard InChI is InChI=1S/C15H11NO/c16-15-6-2-4-11-7-13-10(8-14(11)15)3-1-5-12(13)9-17/h1-9H,16H2. The number of nitrogens with two attached hydrogens (primary N) is 1. The molecule has 0 aliphatic carbocycles. The van der Waals surface area contributed by atoms with Crippen LogP contribution in [0.4, 0.5) is 5.69 Å². The van der Waals surface area contributed by atoms with E-state index in [1.165, 1.54) is 0 Å². The third kappa shape index (κ3) is 1.46. The molecule has 0 atom stereocenters. The van der Waals surface area contributed by atoms with Crippen molar-refractivity contribution in [2.45, 2.75) is 0 Å². The molecule has 0 saturated heterocycles. The summed E-state index contributed by atoms with van der Waals surface area (Å²) in [5.74, 6) is 0. The van der Waals surface area contributed by atoms with Gasteiger partial charge in [-0.2, -0.15) is 0 Å². The van der Waals surface area contributed by atoms with E-state index in [1.54, 1.807) is 0 Å². The van der Waals surface area contributed by atoms with Gasteiger partial charge in [-0.05, 0) is 34.4 Å². The highest BCUT2D eigenvalue weighted by Gasteiger charge is 2.03. The summed E-state index contributed by atoms with van der Waals surface area (Å²) in [5.41, 5.74) is 7.43. The third-order valence-corrected chi connectivity index (χ3v) is 3.07. The van der Waals surface area contributed by atoms with E-state index < -0.39 is 0 Å². The van der Waals surface area contributed by atoms with Crippen molar-refractivity contribution in [2.75, 3.05) is 5.73 Å². The Bertz CT molecular complexity index is 731. The Kier molecular flexibility index (Phi) is 2.08. The van der Waals surface area contributed by atoms with Crippen LogP contribution in [0.5, 0.6) is 0 Å². The highest BCUT2D eigenvalue weighted by molar-refractivity contribution is 6.07. The molecule has 0 fully saturated rings. The van der Waals surface area contributed by atoms with Gasteiger partial charge in [0, 0.05) is 16.6 Å². The summed E-state index contributed by atoms with van der Waals surface area (Å²) in [6, 6.07) is 15.6. The summed E-state index contributed by atoms with van der Waals surface area (Å²) >= 11 is 0. The molecule has 0 saturated carbocycles. The molecule has 2 nitrogen and oxygen atoms in total. The molecule has 0 aliphatic heterocycles. The van der Waals surface area contributed by atoms with Crippen molar-refractivity contribution < 1.29 is 4.79 Å². The van der Waals surface area contributed by atoms with Gasteiger partial charge in [-0.3, -0.25) is 4.79 Å². The van der Waals surface area contributed by atoms with Gasteiger partial charge in [0.05, 0.1) is 0 Å². The second-order valence-electron chi connectivity index (χ2n) is 4.11. The largest absolute Gasteiger partial charge is 0.398 e. The second-order valence-corrected chi connectivity index (χ2v) is 4.11. The van der Waals surface area contributed by atoms with Gasteiger partial charge in [-0.25, -0.2) is 0 Å². The molecule has 82 valence electrons. The number of carbonyl (C=O) groups is 1. The number of hydrogen-bond acceptors (Lipinski definition) is 2. The molecule has 0 radical (unpaired) electrons. The van der Waals surface area contributed by atoms with Crippen LogP contribution < -0.4 is 5.73 Å². The summed E-state index contributed by atoms with van der Waals surface area (Å²) in [5, 5.41) is 4.11. The minimum absolute atomic E-state index is 0.715. The van der Waals surface area contributed by atoms with Crippen molar-refractivity contribution in [1.29, 1.82) is 0 Å². The highest BCUT2D eigenvalue weighted by atomic mass is 16.1. The Hall–Kier alpha value is -2.35. The van der Waals surface area contributed by atoms with Crippen molar-refractivity contribution >= 4 is 33.5 Å². The van der Waals surface area contributed by atoms with Gasteiger partial charge < -0.3 is 5.73 Å². The Morgan fingerprint density at radius 2 is 1.53 bits per heavy atom. The first kappa shape index (κ1) is 9.85. The molecular formula is C15H11NO. The third-order valence-electron chi connectivity index (χ3n) is 3.07. The van der Waals surface area contributed by atoms with E-state index >= 15 is 0 Å². The normalized spacial score (nSPS) is 10.8. The lowest BCUT2D eigenvalue weighted by atomic mass is 9.99. The van der Waals surface area contributed by atoms with Crippen LogP contribution in [0.3, 0.4) is 0 Å². The molecule has 0 heterocycles. The van der Waals surface area contributed by atoms with Crippen LogP contribution in [0, 0.1) is 0 Å². The summed E-state index contributed by atoms with van der Waals surface area (Å²) in [4.78, 5) is 11.0. The van der Waals surface area contributed by atoms with E-state index in [2.05, 4.69) is 0 Å². The first-order valence-corrected chi connectivity index (χ1v) is 5.46. The molecule has 0 amide bonds. The Morgan fingerprint density at radius 1 is 0.882 bits per heavy atom. The predicted octanol–water partition coefficient (Wildman–Crippen LogP) is 3.39. The topological polar surface area (TPSA) is 43.1 Å². The minimum Gasteiger partial charge on any atom is -0.398 e. The predicted molar refractivity (Wildman–Crippen MR) is 71.3 cm³/mol. The molecule has 0 unspecified atom stereocenters. The van der Waals surface area contributed by atoms with Gasteiger partial charge in [0.25, 0.3) is 0 Å². The molecule has 17 heavy (non-hydrogen) atoms. The van der Waals surface area contributed by atoms with Gasteiger partial charge in [-0.1, -0.05) is 30.3 Å². The van der Waals surface area contributed by atoms with Crippen molar-refractivity contribution in [3.8, 4) is 0 Å². The zero-order valence-corrected chi connectivity index (χ0v) is 9.18. The Labute approximate surface area is 98.7 Å². The van der Waals surface area contributed by atoms with E-state index in [9.17, 15) is 4.79 Å². The van der Waals surface area contributed by atoms with E-state index in [0.29, 0.717) is 5.56 Å². The Balaban J connectivity index is 2.52. The summed E-state index contributed by atoms with van der Waals surface area (Å²) < 4.78 is 0. The lowest BCUT2D eigenvalue weighted by molar-refractivity contribution is 0.112. The summed E-state index contributed by atoms with van der Waals surface area (Å²) in [6.45, 7) is 0. The average Bonchev–Trinajstić information content (AvgIpc) is 2.36. The number of carbonyl (C=O) groups excluding carboxylic acids is 1. The fourth-order valence-electron chi connectivity index (χ4n) is 2.20.